The molecule has 1 heterocycles. The van der Waals surface area contributed by atoms with E-state index in [4.69, 9.17) is 11.6 Å². The van der Waals surface area contributed by atoms with Gasteiger partial charge in [-0.3, -0.25) is 14.9 Å². The standard InChI is InChI=1S/C9H9ClN2O3/c1-5-4-7(10)8(12(14)15)9(13)11(5)6-2-3-6/h4,6H,2-3H2,1H3. The van der Waals surface area contributed by atoms with Crippen molar-refractivity contribution in [2.75, 3.05) is 0 Å². The normalized spacial score (nSPS) is 15.3. The van der Waals surface area contributed by atoms with Gasteiger partial charge in [-0.05, 0) is 25.8 Å². The van der Waals surface area contributed by atoms with Crippen LogP contribution >= 0.6 is 11.6 Å². The Labute approximate surface area is 90.4 Å². The number of hydrogen-bond donors (Lipinski definition) is 0. The molecular weight excluding hydrogens is 220 g/mol. The average Bonchev–Trinajstić information content (AvgIpc) is 2.85. The molecule has 1 aromatic rings. The lowest BCUT2D eigenvalue weighted by molar-refractivity contribution is -0.386. The summed E-state index contributed by atoms with van der Waals surface area (Å²) in [6.45, 7) is 1.73. The lowest BCUT2D eigenvalue weighted by Crippen LogP contribution is -2.24. The van der Waals surface area contributed by atoms with Crippen LogP contribution in [0.3, 0.4) is 0 Å². The number of nitro groups is 1. The van der Waals surface area contributed by atoms with Gasteiger partial charge in [-0.15, -0.1) is 0 Å². The molecule has 0 N–H and O–H groups in total. The van der Waals surface area contributed by atoms with Gasteiger partial charge in [0.25, 0.3) is 0 Å². The molecule has 0 saturated heterocycles. The molecule has 80 valence electrons. The molecule has 1 aromatic heterocycles. The summed E-state index contributed by atoms with van der Waals surface area (Å²) in [5.74, 6) is 0. The van der Waals surface area contributed by atoms with Crippen LogP contribution in [0.5, 0.6) is 0 Å². The second kappa shape index (κ2) is 3.34. The molecule has 2 rings (SSSR count). The molecule has 0 aliphatic heterocycles. The van der Waals surface area contributed by atoms with E-state index in [1.54, 1.807) is 6.92 Å². The predicted octanol–water partition coefficient (Wildman–Crippen LogP) is 2.05. The van der Waals surface area contributed by atoms with Crippen molar-refractivity contribution in [2.45, 2.75) is 25.8 Å². The fourth-order valence-corrected chi connectivity index (χ4v) is 1.96. The summed E-state index contributed by atoms with van der Waals surface area (Å²) >= 11 is 5.67. The van der Waals surface area contributed by atoms with E-state index < -0.39 is 16.2 Å². The van der Waals surface area contributed by atoms with Crippen molar-refractivity contribution in [3.63, 3.8) is 0 Å². The Morgan fingerprint density at radius 1 is 1.60 bits per heavy atom. The van der Waals surface area contributed by atoms with Gasteiger partial charge < -0.3 is 4.57 Å². The minimum atomic E-state index is -0.719. The average molecular weight is 229 g/mol. The Morgan fingerprint density at radius 3 is 2.67 bits per heavy atom. The molecule has 6 heteroatoms. The molecule has 0 spiro atoms. The third-order valence-corrected chi connectivity index (χ3v) is 2.75. The number of nitrogens with zero attached hydrogens (tertiary/aromatic N) is 2. The van der Waals surface area contributed by atoms with Gasteiger partial charge >= 0.3 is 11.2 Å². The Bertz CT molecular complexity index is 491. The maximum absolute atomic E-state index is 11.8. The van der Waals surface area contributed by atoms with Crippen LogP contribution in [-0.4, -0.2) is 9.49 Å². The van der Waals surface area contributed by atoms with Crippen molar-refractivity contribution in [3.05, 3.63) is 37.3 Å². The van der Waals surface area contributed by atoms with Crippen molar-refractivity contribution in [1.29, 1.82) is 0 Å². The van der Waals surface area contributed by atoms with E-state index in [1.165, 1.54) is 10.6 Å². The van der Waals surface area contributed by atoms with E-state index in [2.05, 4.69) is 0 Å². The minimum Gasteiger partial charge on any atom is -0.304 e. The summed E-state index contributed by atoms with van der Waals surface area (Å²) in [4.78, 5) is 21.7. The summed E-state index contributed by atoms with van der Waals surface area (Å²) in [6.07, 6.45) is 1.80. The highest BCUT2D eigenvalue weighted by Crippen LogP contribution is 2.35. The summed E-state index contributed by atoms with van der Waals surface area (Å²) in [7, 11) is 0. The smallest absolute Gasteiger partial charge is 0.304 e. The quantitative estimate of drug-likeness (QED) is 0.575. The molecule has 1 aliphatic rings. The molecule has 0 amide bonds. The van der Waals surface area contributed by atoms with Crippen LogP contribution < -0.4 is 5.56 Å². The van der Waals surface area contributed by atoms with Crippen LogP contribution in [0.2, 0.25) is 5.02 Å². The van der Waals surface area contributed by atoms with Gasteiger partial charge in [0.15, 0.2) is 0 Å². The first kappa shape index (κ1) is 10.2. The van der Waals surface area contributed by atoms with Crippen LogP contribution in [0.1, 0.15) is 24.6 Å². The van der Waals surface area contributed by atoms with E-state index >= 15 is 0 Å². The van der Waals surface area contributed by atoms with Gasteiger partial charge in [0, 0.05) is 11.7 Å². The van der Waals surface area contributed by atoms with E-state index in [1.807, 2.05) is 0 Å². The van der Waals surface area contributed by atoms with Crippen molar-refractivity contribution in [1.82, 2.24) is 4.57 Å². The number of halogens is 1. The molecule has 15 heavy (non-hydrogen) atoms. The molecular formula is C9H9ClN2O3. The summed E-state index contributed by atoms with van der Waals surface area (Å²) in [5.41, 5.74) is -0.431. The van der Waals surface area contributed by atoms with Gasteiger partial charge in [-0.1, -0.05) is 11.6 Å². The molecule has 1 fully saturated rings. The van der Waals surface area contributed by atoms with E-state index in [-0.39, 0.29) is 11.1 Å². The maximum atomic E-state index is 11.8. The zero-order chi connectivity index (χ0) is 11.2. The molecule has 0 bridgehead atoms. The zero-order valence-corrected chi connectivity index (χ0v) is 8.82. The second-order valence-corrected chi connectivity index (χ2v) is 4.05. The van der Waals surface area contributed by atoms with E-state index in [0.29, 0.717) is 5.69 Å². The van der Waals surface area contributed by atoms with E-state index in [0.717, 1.165) is 12.8 Å². The highest BCUT2D eigenvalue weighted by Gasteiger charge is 2.30. The highest BCUT2D eigenvalue weighted by molar-refractivity contribution is 6.32. The fraction of sp³-hybridized carbons (Fsp3) is 0.444. The monoisotopic (exact) mass is 228 g/mol. The van der Waals surface area contributed by atoms with E-state index in [9.17, 15) is 14.9 Å². The Morgan fingerprint density at radius 2 is 2.20 bits per heavy atom. The van der Waals surface area contributed by atoms with Gasteiger partial charge in [-0.25, -0.2) is 0 Å². The number of rotatable bonds is 2. The largest absolute Gasteiger partial charge is 0.352 e. The first-order chi connectivity index (χ1) is 7.02. The lowest BCUT2D eigenvalue weighted by Gasteiger charge is -2.08. The first-order valence-corrected chi connectivity index (χ1v) is 4.96. The predicted molar refractivity (Wildman–Crippen MR) is 55.4 cm³/mol. The third kappa shape index (κ3) is 1.63. The molecule has 0 radical (unpaired) electrons. The van der Waals surface area contributed by atoms with Crippen molar-refractivity contribution < 1.29 is 4.92 Å². The van der Waals surface area contributed by atoms with Gasteiger partial charge in [0.2, 0.25) is 0 Å². The maximum Gasteiger partial charge on any atom is 0.352 e. The molecule has 1 saturated carbocycles. The molecule has 1 aliphatic carbocycles. The van der Waals surface area contributed by atoms with Crippen LogP contribution in [-0.2, 0) is 0 Å². The summed E-state index contributed by atoms with van der Waals surface area (Å²) in [6, 6.07) is 1.59. The number of aromatic nitrogens is 1. The Balaban J connectivity index is 2.71. The zero-order valence-electron chi connectivity index (χ0n) is 8.07. The van der Waals surface area contributed by atoms with Gasteiger partial charge in [-0.2, -0.15) is 0 Å². The molecule has 0 atom stereocenters. The summed E-state index contributed by atoms with van der Waals surface area (Å²) < 4.78 is 1.46. The molecule has 5 nitrogen and oxygen atoms in total. The van der Waals surface area contributed by atoms with Crippen LogP contribution in [0.15, 0.2) is 10.9 Å². The second-order valence-electron chi connectivity index (χ2n) is 3.65. The van der Waals surface area contributed by atoms with Gasteiger partial charge in [0.1, 0.15) is 5.02 Å². The lowest BCUT2D eigenvalue weighted by atomic mass is 10.3. The van der Waals surface area contributed by atoms with Crippen molar-refractivity contribution >= 4 is 17.3 Å². The third-order valence-electron chi connectivity index (χ3n) is 2.46. The number of pyridine rings is 1. The number of aryl methyl sites for hydroxylation is 1. The van der Waals surface area contributed by atoms with Crippen molar-refractivity contribution in [3.8, 4) is 0 Å². The molecule has 0 unspecified atom stereocenters. The Hall–Kier alpha value is -1.36. The minimum absolute atomic E-state index is 0.0839. The molecule has 0 aromatic carbocycles. The van der Waals surface area contributed by atoms with Crippen molar-refractivity contribution in [2.24, 2.45) is 0 Å². The van der Waals surface area contributed by atoms with Crippen LogP contribution in [0, 0.1) is 17.0 Å². The highest BCUT2D eigenvalue weighted by atomic mass is 35.5. The SMILES string of the molecule is Cc1cc(Cl)c([N+](=O)[O-])c(=O)n1C1CC1. The summed E-state index contributed by atoms with van der Waals surface area (Å²) in [5, 5.41) is 10.6. The number of hydrogen-bond acceptors (Lipinski definition) is 3. The van der Waals surface area contributed by atoms with Crippen LogP contribution in [0.25, 0.3) is 0 Å². The fourth-order valence-electron chi connectivity index (χ4n) is 1.65. The first-order valence-electron chi connectivity index (χ1n) is 4.58. The topological polar surface area (TPSA) is 65.1 Å². The Kier molecular flexibility index (Phi) is 2.26. The van der Waals surface area contributed by atoms with Gasteiger partial charge in [0.05, 0.1) is 4.92 Å². The van der Waals surface area contributed by atoms with Crippen LogP contribution in [0.4, 0.5) is 5.69 Å².